The van der Waals surface area contributed by atoms with Crippen LogP contribution in [0.5, 0.6) is 0 Å². The molecule has 0 amide bonds. The molecule has 1 heterocycles. The van der Waals surface area contributed by atoms with Crippen LogP contribution in [0.25, 0.3) is 0 Å². The van der Waals surface area contributed by atoms with Crippen molar-refractivity contribution < 1.29 is 0 Å². The van der Waals surface area contributed by atoms with Gasteiger partial charge >= 0.3 is 59.1 Å². The van der Waals surface area contributed by atoms with Crippen LogP contribution < -0.4 is 5.32 Å². The Labute approximate surface area is 76.5 Å². The van der Waals surface area contributed by atoms with Gasteiger partial charge in [0.25, 0.3) is 0 Å². The van der Waals surface area contributed by atoms with E-state index < -0.39 is 0 Å². The normalized spacial score (nSPS) is 14.4. The quantitative estimate of drug-likeness (QED) is 0.278. The van der Waals surface area contributed by atoms with Crippen molar-refractivity contribution in [2.75, 3.05) is 13.1 Å². The van der Waals surface area contributed by atoms with Crippen molar-refractivity contribution in [2.24, 2.45) is 0 Å². The second kappa shape index (κ2) is 5.96. The van der Waals surface area contributed by atoms with Gasteiger partial charge in [-0.3, -0.25) is 0 Å². The number of rotatable bonds is 0. The Hall–Kier alpha value is 1.96. The van der Waals surface area contributed by atoms with Gasteiger partial charge in [0.1, 0.15) is 0 Å². The van der Waals surface area contributed by atoms with Crippen LogP contribution in [-0.4, -0.2) is 72.2 Å². The molecule has 0 aromatic heterocycles. The van der Waals surface area contributed by atoms with Crippen LogP contribution in [0.1, 0.15) is 0 Å². The van der Waals surface area contributed by atoms with Gasteiger partial charge in [0.2, 0.25) is 0 Å². The molecule has 0 spiro atoms. The van der Waals surface area contributed by atoms with E-state index in [1.54, 1.807) is 0 Å². The first-order chi connectivity index (χ1) is 1.50. The summed E-state index contributed by atoms with van der Waals surface area (Å²) in [5, 5.41) is 3.00. The van der Waals surface area contributed by atoms with E-state index in [1.165, 1.54) is 13.1 Å². The summed E-state index contributed by atoms with van der Waals surface area (Å²) >= 11 is 0. The third-order valence-electron chi connectivity index (χ3n) is 0.250. The molecule has 1 N–H and O–H groups in total. The number of hydrogen-bond acceptors (Lipinski definition) is 1. The minimum atomic E-state index is 0. The van der Waals surface area contributed by atoms with Gasteiger partial charge in [-0.2, -0.15) is 0 Å². The second-order valence-corrected chi connectivity index (χ2v) is 0.750. The van der Waals surface area contributed by atoms with Gasteiger partial charge in [0.05, 0.1) is 0 Å². The Morgan fingerprint density at radius 1 is 1.00 bits per heavy atom. The van der Waals surface area contributed by atoms with Gasteiger partial charge in [-0.15, -0.1) is 0 Å². The molecule has 0 radical (unpaired) electrons. The first-order valence-electron chi connectivity index (χ1n) is 1.21. The summed E-state index contributed by atoms with van der Waals surface area (Å²) in [7, 11) is 0. The van der Waals surface area contributed by atoms with Crippen LogP contribution >= 0.6 is 0 Å². The van der Waals surface area contributed by atoms with Crippen molar-refractivity contribution in [1.82, 2.24) is 5.32 Å². The van der Waals surface area contributed by atoms with E-state index in [0.29, 0.717) is 0 Å². The average Bonchev–Trinajstić information content (AvgIpc) is 1.46. The van der Waals surface area contributed by atoms with Gasteiger partial charge < -0.3 is 5.32 Å². The first-order valence-corrected chi connectivity index (χ1v) is 1.21. The molecule has 1 nitrogen and oxygen atoms in total. The summed E-state index contributed by atoms with van der Waals surface area (Å²) in [4.78, 5) is 0. The predicted octanol–water partition coefficient (Wildman–Crippen LogP) is -1.71. The van der Waals surface area contributed by atoms with Gasteiger partial charge in [-0.25, -0.2) is 0 Å². The molecule has 1 aliphatic heterocycles. The first kappa shape index (κ1) is 10.0. The van der Waals surface area contributed by atoms with E-state index in [0.717, 1.165) is 0 Å². The number of hydrogen-bond donors (Lipinski definition) is 1. The second-order valence-electron chi connectivity index (χ2n) is 0.750. The Kier molecular flexibility index (Phi) is 12.0. The summed E-state index contributed by atoms with van der Waals surface area (Å²) in [6.45, 7) is 2.50. The molecule has 5 heavy (non-hydrogen) atoms. The summed E-state index contributed by atoms with van der Waals surface area (Å²) in [5.41, 5.74) is 0. The summed E-state index contributed by atoms with van der Waals surface area (Å²) in [6, 6.07) is 0. The molecule has 22 valence electrons. The Balaban J connectivity index is 0. The molecule has 0 atom stereocenters. The van der Waals surface area contributed by atoms with E-state index >= 15 is 0 Å². The van der Waals surface area contributed by atoms with E-state index in [9.17, 15) is 0 Å². The fourth-order valence-electron chi connectivity index (χ4n) is 0. The monoisotopic (exact) mass is 91.0 g/mol. The maximum atomic E-state index is 3.00. The van der Waals surface area contributed by atoms with Crippen LogP contribution in [0.2, 0.25) is 0 Å². The third kappa shape index (κ3) is 10.7. The van der Waals surface area contributed by atoms with Crippen molar-refractivity contribution in [3.63, 3.8) is 0 Å². The van der Waals surface area contributed by atoms with Crippen molar-refractivity contribution in [3.8, 4) is 0 Å². The average molecular weight is 91.1 g/mol. The summed E-state index contributed by atoms with van der Waals surface area (Å²) < 4.78 is 0. The zero-order valence-electron chi connectivity index (χ0n) is 1.91. The van der Waals surface area contributed by atoms with E-state index in [-0.39, 0.29) is 59.1 Å². The van der Waals surface area contributed by atoms with E-state index in [1.807, 2.05) is 0 Å². The standard InChI is InChI=1S/C2H5N.2Na.2H/c1-2-3-1;;;;/h3H,1-2H2;;;;. The van der Waals surface area contributed by atoms with Crippen molar-refractivity contribution in [2.45, 2.75) is 0 Å². The fourth-order valence-corrected chi connectivity index (χ4v) is 0. The van der Waals surface area contributed by atoms with Crippen LogP contribution in [-0.2, 0) is 0 Å². The topological polar surface area (TPSA) is 21.9 Å². The molecule has 1 rings (SSSR count). The molecule has 0 aromatic rings. The molecule has 1 aliphatic rings. The van der Waals surface area contributed by atoms with E-state index in [4.69, 9.17) is 0 Å². The molecular weight excluding hydrogens is 84.0 g/mol. The fraction of sp³-hybridized carbons (Fsp3) is 1.00. The zero-order valence-corrected chi connectivity index (χ0v) is 1.91. The molecule has 0 aliphatic carbocycles. The molecule has 0 saturated carbocycles. The predicted molar refractivity (Wildman–Crippen MR) is 27.2 cm³/mol. The molecule has 1 saturated heterocycles. The zero-order chi connectivity index (χ0) is 2.12. The SMILES string of the molecule is C1CN1.[NaH].[NaH]. The molecule has 1 fully saturated rings. The molecule has 0 aromatic carbocycles. The van der Waals surface area contributed by atoms with Crippen molar-refractivity contribution in [1.29, 1.82) is 0 Å². The maximum absolute atomic E-state index is 3.00. The van der Waals surface area contributed by atoms with Crippen molar-refractivity contribution in [3.05, 3.63) is 0 Å². The molecule has 3 heteroatoms. The van der Waals surface area contributed by atoms with Gasteiger partial charge in [0, 0.05) is 13.1 Å². The Bertz CT molecular complexity index is 12.4. The van der Waals surface area contributed by atoms with Crippen LogP contribution in [0.15, 0.2) is 0 Å². The van der Waals surface area contributed by atoms with Crippen LogP contribution in [0.3, 0.4) is 0 Å². The number of nitrogens with one attached hydrogen (secondary N) is 1. The van der Waals surface area contributed by atoms with Crippen LogP contribution in [0, 0.1) is 0 Å². The van der Waals surface area contributed by atoms with Crippen LogP contribution in [0.4, 0.5) is 0 Å². The van der Waals surface area contributed by atoms with Gasteiger partial charge in [0.15, 0.2) is 0 Å². The van der Waals surface area contributed by atoms with E-state index in [2.05, 4.69) is 5.32 Å². The summed E-state index contributed by atoms with van der Waals surface area (Å²) in [6.07, 6.45) is 0. The van der Waals surface area contributed by atoms with Gasteiger partial charge in [-0.1, -0.05) is 0 Å². The summed E-state index contributed by atoms with van der Waals surface area (Å²) in [5.74, 6) is 0. The third-order valence-corrected chi connectivity index (χ3v) is 0.250. The molecule has 0 bridgehead atoms. The Morgan fingerprint density at radius 2 is 1.20 bits per heavy atom. The Morgan fingerprint density at radius 3 is 1.20 bits per heavy atom. The minimum absolute atomic E-state index is 0. The molecular formula is C2H7NNa2. The molecule has 0 unspecified atom stereocenters. The van der Waals surface area contributed by atoms with Crippen molar-refractivity contribution >= 4 is 59.1 Å². The van der Waals surface area contributed by atoms with Gasteiger partial charge in [-0.05, 0) is 0 Å².